The second kappa shape index (κ2) is 16.9. The van der Waals surface area contributed by atoms with Gasteiger partial charge in [0.05, 0.1) is 24.9 Å². The molecule has 0 bridgehead atoms. The van der Waals surface area contributed by atoms with Crippen LogP contribution in [-0.4, -0.2) is 27.2 Å². The van der Waals surface area contributed by atoms with E-state index in [1.165, 1.54) is 65.7 Å². The van der Waals surface area contributed by atoms with Gasteiger partial charge in [0.2, 0.25) is 0 Å². The molecule has 6 heteroatoms. The van der Waals surface area contributed by atoms with E-state index < -0.39 is 8.07 Å². The van der Waals surface area contributed by atoms with Crippen molar-refractivity contribution in [3.8, 4) is 28.3 Å². The maximum Gasteiger partial charge on any atom is 0.0795 e. The van der Waals surface area contributed by atoms with Crippen LogP contribution in [0.15, 0.2) is 121 Å². The molecular formula is C53H54IrN4Si-2. The Morgan fingerprint density at radius 2 is 1.42 bits per heavy atom. The Morgan fingerprint density at radius 1 is 0.712 bits per heavy atom. The van der Waals surface area contributed by atoms with Gasteiger partial charge in [0.25, 0.3) is 0 Å². The van der Waals surface area contributed by atoms with E-state index in [1.54, 1.807) is 0 Å². The van der Waals surface area contributed by atoms with Crippen LogP contribution in [-0.2, 0) is 26.7 Å². The molecule has 9 rings (SSSR count). The fraction of sp³-hybridized carbons (Fsp3) is 0.245. The van der Waals surface area contributed by atoms with Crippen molar-refractivity contribution < 1.29 is 20.1 Å². The van der Waals surface area contributed by atoms with Crippen LogP contribution < -0.4 is 5.19 Å². The number of para-hydroxylation sites is 3. The number of hydrogen-bond acceptors (Lipinski definition) is 2. The number of nitrogens with zero attached hydrogens (tertiary/aromatic N) is 4. The maximum atomic E-state index is 5.23. The Labute approximate surface area is 364 Å². The van der Waals surface area contributed by atoms with Gasteiger partial charge in [-0.2, -0.15) is 0 Å². The molecule has 0 N–H and O–H groups in total. The molecule has 0 saturated carbocycles. The standard InChI is InChI=1S/C35H36N3.C18H18NSi.Ir/c1-8-37-31-17-16-25(20-28(31)29-19-23(6)18-24(7)33(29)37)35-36-30-14-9-10-15-32(30)38(35)34-26(21(2)3)12-11-13-27(34)22(4)5;1-20(2,3)15-11-12-18(19-13-15)17-10-6-8-14-7-4-5-9-16(14)17;/h9-15,17-22H,8H2,1-7H3;4-9,11-13H,1-3H3;/q2*-1;. The van der Waals surface area contributed by atoms with Crippen molar-refractivity contribution in [3.05, 3.63) is 156 Å². The van der Waals surface area contributed by atoms with E-state index in [0.29, 0.717) is 11.8 Å². The van der Waals surface area contributed by atoms with Gasteiger partial charge in [0, 0.05) is 44.1 Å². The molecule has 0 aliphatic rings. The van der Waals surface area contributed by atoms with Crippen LogP contribution in [0.4, 0.5) is 0 Å². The van der Waals surface area contributed by atoms with Gasteiger partial charge in [-0.1, -0.05) is 143 Å². The number of rotatable bonds is 7. The Balaban J connectivity index is 0.000000212. The summed E-state index contributed by atoms with van der Waals surface area (Å²) in [5, 5.41) is 6.41. The average Bonchev–Trinajstić information content (AvgIpc) is 3.76. The molecule has 0 fully saturated rings. The molecule has 4 nitrogen and oxygen atoms in total. The number of fused-ring (bicyclic) bond motifs is 5. The third-order valence-electron chi connectivity index (χ3n) is 11.5. The first kappa shape index (κ1) is 42.0. The van der Waals surface area contributed by atoms with Gasteiger partial charge in [0.15, 0.2) is 0 Å². The van der Waals surface area contributed by atoms with Crippen molar-refractivity contribution in [3.63, 3.8) is 0 Å². The van der Waals surface area contributed by atoms with Crippen LogP contribution in [0.5, 0.6) is 0 Å². The Kier molecular flexibility index (Phi) is 12.0. The Bertz CT molecular complexity index is 2910. The summed E-state index contributed by atoms with van der Waals surface area (Å²) in [4.78, 5) is 9.90. The molecule has 0 saturated heterocycles. The zero-order chi connectivity index (χ0) is 40.9. The third-order valence-corrected chi connectivity index (χ3v) is 13.5. The summed E-state index contributed by atoms with van der Waals surface area (Å²) in [6.45, 7) is 23.7. The van der Waals surface area contributed by atoms with Gasteiger partial charge in [-0.25, -0.2) is 0 Å². The maximum absolute atomic E-state index is 5.23. The molecule has 1 radical (unpaired) electrons. The molecule has 0 aliphatic heterocycles. The van der Waals surface area contributed by atoms with Gasteiger partial charge < -0.3 is 14.1 Å². The van der Waals surface area contributed by atoms with Crippen LogP contribution >= 0.6 is 0 Å². The molecule has 0 unspecified atom stereocenters. The molecule has 0 amide bonds. The topological polar surface area (TPSA) is 35.6 Å². The van der Waals surface area contributed by atoms with Crippen molar-refractivity contribution in [2.24, 2.45) is 0 Å². The zero-order valence-corrected chi connectivity index (χ0v) is 39.4. The second-order valence-corrected chi connectivity index (χ2v) is 22.4. The summed E-state index contributed by atoms with van der Waals surface area (Å²) in [7, 11) is -1.28. The van der Waals surface area contributed by atoms with Crippen LogP contribution in [0.25, 0.3) is 71.9 Å². The van der Waals surface area contributed by atoms with Gasteiger partial charge in [0.1, 0.15) is 0 Å². The summed E-state index contributed by atoms with van der Waals surface area (Å²) in [5.41, 5.74) is 14.4. The smallest absolute Gasteiger partial charge is 0.0795 e. The largest absolute Gasteiger partial charge is 0.381 e. The number of aryl methyl sites for hydroxylation is 3. The van der Waals surface area contributed by atoms with Gasteiger partial charge in [-0.05, 0) is 83.2 Å². The van der Waals surface area contributed by atoms with E-state index in [1.807, 2.05) is 12.3 Å². The number of imidazole rings is 1. The zero-order valence-electron chi connectivity index (χ0n) is 36.0. The Hall–Kier alpha value is -5.13. The minimum absolute atomic E-state index is 0. The van der Waals surface area contributed by atoms with Crippen molar-refractivity contribution in [1.82, 2.24) is 19.1 Å². The molecule has 0 atom stereocenters. The predicted molar refractivity (Wildman–Crippen MR) is 251 cm³/mol. The number of benzene rings is 6. The van der Waals surface area contributed by atoms with Gasteiger partial charge >= 0.3 is 0 Å². The number of aromatic nitrogens is 4. The first-order chi connectivity index (χ1) is 27.8. The molecule has 59 heavy (non-hydrogen) atoms. The number of pyridine rings is 1. The van der Waals surface area contributed by atoms with E-state index in [-0.39, 0.29) is 20.1 Å². The predicted octanol–water partition coefficient (Wildman–Crippen LogP) is 13.7. The summed E-state index contributed by atoms with van der Waals surface area (Å²) in [5.74, 6) is 1.72. The number of hydrogen-bond donors (Lipinski definition) is 0. The third kappa shape index (κ3) is 7.87. The normalized spacial score (nSPS) is 11.8. The fourth-order valence-electron chi connectivity index (χ4n) is 8.59. The molecule has 3 heterocycles. The summed E-state index contributed by atoms with van der Waals surface area (Å²) < 4.78 is 4.82. The van der Waals surface area contributed by atoms with Crippen LogP contribution in [0.1, 0.15) is 68.7 Å². The van der Waals surface area contributed by atoms with E-state index >= 15 is 0 Å². The molecule has 3 aromatic heterocycles. The first-order valence-corrected chi connectivity index (χ1v) is 24.3. The van der Waals surface area contributed by atoms with Crippen molar-refractivity contribution in [2.45, 2.75) is 86.5 Å². The molecule has 0 spiro atoms. The minimum atomic E-state index is -1.28. The molecule has 0 aliphatic carbocycles. The van der Waals surface area contributed by atoms with E-state index in [4.69, 9.17) is 4.98 Å². The molecule has 9 aromatic rings. The summed E-state index contributed by atoms with van der Waals surface area (Å²) >= 11 is 0. The van der Waals surface area contributed by atoms with Gasteiger partial charge in [-0.3, -0.25) is 4.98 Å². The quantitative estimate of drug-likeness (QED) is 0.118. The monoisotopic (exact) mass is 967 g/mol. The summed E-state index contributed by atoms with van der Waals surface area (Å²) in [6, 6.07) is 48.2. The van der Waals surface area contributed by atoms with Crippen molar-refractivity contribution in [1.29, 1.82) is 0 Å². The SMILES string of the molecule is CCn1c2c[c-]c(-c3nc4ccccc4n3-c3c(C(C)C)cccc3C(C)C)cc2c2cc(C)cc(C)c21.C[Si](C)(C)c1ccc(-c2[c-]ccc3ccccc23)nc1.[Ir]. The average molecular weight is 967 g/mol. The molecule has 6 aromatic carbocycles. The molecule has 301 valence electrons. The fourth-order valence-corrected chi connectivity index (χ4v) is 9.62. The van der Waals surface area contributed by atoms with Crippen LogP contribution in [0.2, 0.25) is 19.6 Å². The Morgan fingerprint density at radius 3 is 2.10 bits per heavy atom. The summed E-state index contributed by atoms with van der Waals surface area (Å²) in [6.07, 6.45) is 2.04. The molecular weight excluding hydrogens is 913 g/mol. The minimum Gasteiger partial charge on any atom is -0.381 e. The van der Waals surface area contributed by atoms with Crippen LogP contribution in [0, 0.1) is 26.0 Å². The van der Waals surface area contributed by atoms with Crippen LogP contribution in [0.3, 0.4) is 0 Å². The van der Waals surface area contributed by atoms with Crippen molar-refractivity contribution in [2.75, 3.05) is 0 Å². The first-order valence-electron chi connectivity index (χ1n) is 20.8. The van der Waals surface area contributed by atoms with Gasteiger partial charge in [-0.15, -0.1) is 52.9 Å². The van der Waals surface area contributed by atoms with E-state index in [9.17, 15) is 0 Å². The van der Waals surface area contributed by atoms with Crippen molar-refractivity contribution >= 4 is 56.9 Å². The second-order valence-electron chi connectivity index (χ2n) is 17.3. The van der Waals surface area contributed by atoms with E-state index in [0.717, 1.165) is 40.2 Å². The van der Waals surface area contributed by atoms with E-state index in [2.05, 4.69) is 204 Å².